The summed E-state index contributed by atoms with van der Waals surface area (Å²) in [7, 11) is 0. The highest BCUT2D eigenvalue weighted by Gasteiger charge is 2.13. The SMILES string of the molecule is C=C(C)C(=O)C(C)C(=O)[O-]. The maximum atomic E-state index is 10.8. The fourth-order valence-corrected chi connectivity index (χ4v) is 0.477. The van der Waals surface area contributed by atoms with Gasteiger partial charge in [0.15, 0.2) is 5.78 Å². The predicted octanol–water partition coefficient (Wildman–Crippen LogP) is -0.482. The number of ketones is 1. The van der Waals surface area contributed by atoms with Crippen molar-refractivity contribution in [3.05, 3.63) is 12.2 Å². The number of carbonyl (C=O) groups excluding carboxylic acids is 2. The van der Waals surface area contributed by atoms with Crippen LogP contribution in [0.15, 0.2) is 12.2 Å². The molecule has 0 aromatic rings. The van der Waals surface area contributed by atoms with Gasteiger partial charge in [0, 0.05) is 0 Å². The van der Waals surface area contributed by atoms with Gasteiger partial charge in [-0.3, -0.25) is 4.79 Å². The maximum Gasteiger partial charge on any atom is 0.166 e. The first-order valence-electron chi connectivity index (χ1n) is 2.87. The van der Waals surface area contributed by atoms with Crippen molar-refractivity contribution in [3.63, 3.8) is 0 Å². The Bertz CT molecular complexity index is 181. The van der Waals surface area contributed by atoms with Crippen molar-refractivity contribution in [2.75, 3.05) is 0 Å². The predicted molar refractivity (Wildman–Crippen MR) is 34.0 cm³/mol. The lowest BCUT2D eigenvalue weighted by Gasteiger charge is -2.09. The summed E-state index contributed by atoms with van der Waals surface area (Å²) in [6.07, 6.45) is 0. The van der Waals surface area contributed by atoms with Crippen LogP contribution in [0, 0.1) is 5.92 Å². The monoisotopic (exact) mass is 141 g/mol. The molecule has 0 aliphatic heterocycles. The second kappa shape index (κ2) is 3.15. The Morgan fingerprint density at radius 2 is 1.90 bits per heavy atom. The van der Waals surface area contributed by atoms with Crippen LogP contribution in [-0.2, 0) is 9.59 Å². The molecule has 0 aliphatic rings. The lowest BCUT2D eigenvalue weighted by Crippen LogP contribution is -2.34. The summed E-state index contributed by atoms with van der Waals surface area (Å²) in [5.41, 5.74) is 0.247. The van der Waals surface area contributed by atoms with Crippen molar-refractivity contribution in [1.29, 1.82) is 0 Å². The van der Waals surface area contributed by atoms with Gasteiger partial charge in [-0.25, -0.2) is 0 Å². The number of hydrogen-bond acceptors (Lipinski definition) is 3. The van der Waals surface area contributed by atoms with Crippen LogP contribution < -0.4 is 5.11 Å². The number of rotatable bonds is 3. The van der Waals surface area contributed by atoms with E-state index in [4.69, 9.17) is 0 Å². The molecule has 1 unspecified atom stereocenters. The minimum Gasteiger partial charge on any atom is -0.549 e. The van der Waals surface area contributed by atoms with Gasteiger partial charge in [0.2, 0.25) is 0 Å². The molecule has 10 heavy (non-hydrogen) atoms. The molecule has 0 rings (SSSR count). The molecule has 0 saturated carbocycles. The summed E-state index contributed by atoms with van der Waals surface area (Å²) < 4.78 is 0. The molecule has 3 nitrogen and oxygen atoms in total. The van der Waals surface area contributed by atoms with Crippen molar-refractivity contribution in [2.24, 2.45) is 5.92 Å². The third-order valence-corrected chi connectivity index (χ3v) is 1.17. The van der Waals surface area contributed by atoms with Crippen LogP contribution in [0.4, 0.5) is 0 Å². The molecule has 0 fully saturated rings. The zero-order chi connectivity index (χ0) is 8.31. The van der Waals surface area contributed by atoms with Crippen molar-refractivity contribution < 1.29 is 14.7 Å². The van der Waals surface area contributed by atoms with Crippen LogP contribution in [0.3, 0.4) is 0 Å². The van der Waals surface area contributed by atoms with Crippen molar-refractivity contribution in [3.8, 4) is 0 Å². The Kier molecular flexibility index (Phi) is 2.80. The normalized spacial score (nSPS) is 12.2. The van der Waals surface area contributed by atoms with E-state index in [-0.39, 0.29) is 5.57 Å². The van der Waals surface area contributed by atoms with Gasteiger partial charge in [0.1, 0.15) is 0 Å². The van der Waals surface area contributed by atoms with Gasteiger partial charge < -0.3 is 9.90 Å². The topological polar surface area (TPSA) is 57.2 Å². The molecule has 0 aliphatic carbocycles. The quantitative estimate of drug-likeness (QED) is 0.394. The Balaban J connectivity index is 4.22. The first-order valence-corrected chi connectivity index (χ1v) is 2.87. The van der Waals surface area contributed by atoms with E-state index in [0.29, 0.717) is 0 Å². The Morgan fingerprint density at radius 1 is 1.50 bits per heavy atom. The van der Waals surface area contributed by atoms with Crippen LogP contribution in [0.2, 0.25) is 0 Å². The van der Waals surface area contributed by atoms with Crippen LogP contribution >= 0.6 is 0 Å². The van der Waals surface area contributed by atoms with Gasteiger partial charge in [-0.1, -0.05) is 6.58 Å². The highest BCUT2D eigenvalue weighted by molar-refractivity contribution is 6.06. The summed E-state index contributed by atoms with van der Waals surface area (Å²) in [6.45, 7) is 6.08. The van der Waals surface area contributed by atoms with Crippen molar-refractivity contribution in [1.82, 2.24) is 0 Å². The number of carbonyl (C=O) groups is 2. The van der Waals surface area contributed by atoms with Crippen LogP contribution in [0.25, 0.3) is 0 Å². The van der Waals surface area contributed by atoms with E-state index in [9.17, 15) is 14.7 Å². The smallest absolute Gasteiger partial charge is 0.166 e. The zero-order valence-electron chi connectivity index (χ0n) is 6.01. The van der Waals surface area contributed by atoms with Crippen molar-refractivity contribution in [2.45, 2.75) is 13.8 Å². The van der Waals surface area contributed by atoms with E-state index < -0.39 is 17.7 Å². The van der Waals surface area contributed by atoms with Gasteiger partial charge in [0.25, 0.3) is 0 Å². The lowest BCUT2D eigenvalue weighted by molar-refractivity contribution is -0.309. The molecule has 0 N–H and O–H groups in total. The number of carboxylic acid groups (broad SMARTS) is 1. The Hall–Kier alpha value is -1.12. The molecule has 56 valence electrons. The first kappa shape index (κ1) is 8.88. The number of Topliss-reactive ketones (excluding diaryl/α,β-unsaturated/α-hetero) is 1. The van der Waals surface area contributed by atoms with Gasteiger partial charge in [-0.05, 0) is 19.4 Å². The van der Waals surface area contributed by atoms with E-state index in [0.717, 1.165) is 0 Å². The molecule has 0 spiro atoms. The number of aliphatic carboxylic acids is 1. The summed E-state index contributed by atoms with van der Waals surface area (Å²) >= 11 is 0. The number of hydrogen-bond donors (Lipinski definition) is 0. The molecule has 0 radical (unpaired) electrons. The summed E-state index contributed by atoms with van der Waals surface area (Å²) in [4.78, 5) is 20.8. The molecule has 0 amide bonds. The summed E-state index contributed by atoms with van der Waals surface area (Å²) in [6, 6.07) is 0. The molecular formula is C7H9O3-. The molecular weight excluding hydrogens is 132 g/mol. The third-order valence-electron chi connectivity index (χ3n) is 1.17. The second-order valence-electron chi connectivity index (χ2n) is 2.19. The van der Waals surface area contributed by atoms with Crippen LogP contribution in [-0.4, -0.2) is 11.8 Å². The van der Waals surface area contributed by atoms with Gasteiger partial charge in [0.05, 0.1) is 11.9 Å². The number of allylic oxidation sites excluding steroid dienone is 1. The average Bonchev–Trinajstić information content (AvgIpc) is 1.84. The highest BCUT2D eigenvalue weighted by Crippen LogP contribution is 2.01. The zero-order valence-corrected chi connectivity index (χ0v) is 6.01. The average molecular weight is 141 g/mol. The minimum absolute atomic E-state index is 0.247. The van der Waals surface area contributed by atoms with E-state index in [1.54, 1.807) is 0 Å². The first-order chi connectivity index (χ1) is 4.46. The number of carboxylic acids is 1. The Labute approximate surface area is 59.4 Å². The van der Waals surface area contributed by atoms with Gasteiger partial charge in [-0.15, -0.1) is 0 Å². The molecule has 1 atom stereocenters. The molecule has 3 heteroatoms. The lowest BCUT2D eigenvalue weighted by atomic mass is 10.0. The maximum absolute atomic E-state index is 10.8. The standard InChI is InChI=1S/C7H10O3/c1-4(2)6(8)5(3)7(9)10/h5H,1H2,2-3H3,(H,9,10)/p-1. The minimum atomic E-state index is -1.35. The third kappa shape index (κ3) is 2.01. The van der Waals surface area contributed by atoms with E-state index in [1.165, 1.54) is 13.8 Å². The largest absolute Gasteiger partial charge is 0.549 e. The van der Waals surface area contributed by atoms with Crippen molar-refractivity contribution >= 4 is 11.8 Å². The van der Waals surface area contributed by atoms with Crippen LogP contribution in [0.5, 0.6) is 0 Å². The molecule has 0 heterocycles. The highest BCUT2D eigenvalue weighted by atomic mass is 16.4. The van der Waals surface area contributed by atoms with Gasteiger partial charge in [-0.2, -0.15) is 0 Å². The summed E-state index contributed by atoms with van der Waals surface area (Å²) in [5.74, 6) is -2.90. The summed E-state index contributed by atoms with van der Waals surface area (Å²) in [5, 5.41) is 10.1. The van der Waals surface area contributed by atoms with E-state index in [2.05, 4.69) is 6.58 Å². The molecule has 0 aromatic carbocycles. The fourth-order valence-electron chi connectivity index (χ4n) is 0.477. The Morgan fingerprint density at radius 3 is 2.00 bits per heavy atom. The molecule has 0 bridgehead atoms. The fraction of sp³-hybridized carbons (Fsp3) is 0.429. The van der Waals surface area contributed by atoms with E-state index >= 15 is 0 Å². The molecule has 0 aromatic heterocycles. The second-order valence-corrected chi connectivity index (χ2v) is 2.19. The van der Waals surface area contributed by atoms with Gasteiger partial charge >= 0.3 is 0 Å². The van der Waals surface area contributed by atoms with E-state index in [1.807, 2.05) is 0 Å². The molecule has 0 saturated heterocycles. The van der Waals surface area contributed by atoms with Crippen LogP contribution in [0.1, 0.15) is 13.8 Å².